The van der Waals surface area contributed by atoms with E-state index in [0.29, 0.717) is 11.6 Å². The average molecular weight is 467 g/mol. The Morgan fingerprint density at radius 3 is 2.48 bits per heavy atom. The molecule has 31 heavy (non-hydrogen) atoms. The minimum Gasteiger partial charge on any atom is -0.371 e. The van der Waals surface area contributed by atoms with Gasteiger partial charge in [0.25, 0.3) is 5.91 Å². The summed E-state index contributed by atoms with van der Waals surface area (Å²) in [4.78, 5) is 19.4. The number of nitrogens with zero attached hydrogens (tertiary/aromatic N) is 2. The minimum absolute atomic E-state index is 0. The van der Waals surface area contributed by atoms with Gasteiger partial charge in [0.15, 0.2) is 0 Å². The van der Waals surface area contributed by atoms with E-state index < -0.39 is 5.82 Å². The van der Waals surface area contributed by atoms with Crippen LogP contribution in [0.4, 0.5) is 15.9 Å². The van der Waals surface area contributed by atoms with Gasteiger partial charge in [-0.3, -0.25) is 4.79 Å². The first-order valence-electron chi connectivity index (χ1n) is 10.7. The highest BCUT2D eigenvalue weighted by Crippen LogP contribution is 2.28. The largest absolute Gasteiger partial charge is 0.371 e. The van der Waals surface area contributed by atoms with Crippen LogP contribution < -0.4 is 15.5 Å². The third-order valence-electron chi connectivity index (χ3n) is 6.12. The maximum Gasteiger partial charge on any atom is 0.251 e. The molecule has 8 heteroatoms. The molecule has 0 atom stereocenters. The molecule has 0 bridgehead atoms. The van der Waals surface area contributed by atoms with Crippen molar-refractivity contribution in [2.24, 2.45) is 0 Å². The number of carbonyl (C=O) groups excluding carboxylic acids is 1. The molecule has 0 unspecified atom stereocenters. The second-order valence-electron chi connectivity index (χ2n) is 8.35. The lowest BCUT2D eigenvalue weighted by molar-refractivity contribution is 0.0926. The van der Waals surface area contributed by atoms with E-state index in [1.807, 2.05) is 6.20 Å². The standard InChI is InChI=1S/C23H28ClFN4O.ClH/c1-15-14-26-22(13-21(15)29-10-2-3-11-29)27-17-5-7-18(8-6-17)28-23(30)16-4-9-20(25)19(24)12-16;/h4,9,12-14,17-18H,2-3,5-8,10-11H2,1H3,(H,26,27)(H,28,30);1H/t17-,18+;. The lowest BCUT2D eigenvalue weighted by Crippen LogP contribution is -2.40. The van der Waals surface area contributed by atoms with Crippen LogP contribution in [-0.2, 0) is 0 Å². The van der Waals surface area contributed by atoms with Gasteiger partial charge in [-0.1, -0.05) is 11.6 Å². The zero-order chi connectivity index (χ0) is 21.1. The SMILES string of the molecule is Cc1cnc(N[C@H]2CC[C@@H](NC(=O)c3ccc(F)c(Cl)c3)CC2)cc1N1CCCC1.Cl. The van der Waals surface area contributed by atoms with Crippen molar-refractivity contribution in [1.82, 2.24) is 10.3 Å². The van der Waals surface area contributed by atoms with E-state index in [2.05, 4.69) is 33.5 Å². The molecule has 0 radical (unpaired) electrons. The van der Waals surface area contributed by atoms with Gasteiger partial charge in [0.2, 0.25) is 0 Å². The van der Waals surface area contributed by atoms with Crippen LogP contribution in [0.25, 0.3) is 0 Å². The third-order valence-corrected chi connectivity index (χ3v) is 6.41. The number of aromatic nitrogens is 1. The molecule has 168 valence electrons. The molecule has 2 fully saturated rings. The van der Waals surface area contributed by atoms with Crippen molar-refractivity contribution >= 4 is 41.4 Å². The monoisotopic (exact) mass is 466 g/mol. The van der Waals surface area contributed by atoms with E-state index in [1.165, 1.54) is 42.3 Å². The van der Waals surface area contributed by atoms with E-state index in [9.17, 15) is 9.18 Å². The number of benzene rings is 1. The van der Waals surface area contributed by atoms with Crippen LogP contribution in [-0.4, -0.2) is 36.1 Å². The number of hydrogen-bond acceptors (Lipinski definition) is 4. The van der Waals surface area contributed by atoms with Crippen molar-refractivity contribution in [1.29, 1.82) is 0 Å². The molecule has 1 amide bonds. The summed E-state index contributed by atoms with van der Waals surface area (Å²) in [5.41, 5.74) is 2.89. The van der Waals surface area contributed by atoms with Crippen LogP contribution in [0.5, 0.6) is 0 Å². The third kappa shape index (κ3) is 5.80. The van der Waals surface area contributed by atoms with Crippen LogP contribution in [0.1, 0.15) is 54.4 Å². The number of carbonyl (C=O) groups is 1. The second-order valence-corrected chi connectivity index (χ2v) is 8.75. The molecule has 1 aliphatic carbocycles. The Kier molecular flexibility index (Phi) is 8.00. The molecule has 2 N–H and O–H groups in total. The zero-order valence-corrected chi connectivity index (χ0v) is 19.2. The van der Waals surface area contributed by atoms with E-state index in [1.54, 1.807) is 0 Å². The number of rotatable bonds is 5. The van der Waals surface area contributed by atoms with Gasteiger partial charge in [0.1, 0.15) is 11.6 Å². The summed E-state index contributed by atoms with van der Waals surface area (Å²) in [5.74, 6) is 0.206. The van der Waals surface area contributed by atoms with Gasteiger partial charge >= 0.3 is 0 Å². The van der Waals surface area contributed by atoms with E-state index in [-0.39, 0.29) is 29.4 Å². The Bertz CT molecular complexity index is 912. The summed E-state index contributed by atoms with van der Waals surface area (Å²) < 4.78 is 13.3. The fourth-order valence-corrected chi connectivity index (χ4v) is 4.57. The van der Waals surface area contributed by atoms with Crippen LogP contribution in [0, 0.1) is 12.7 Å². The van der Waals surface area contributed by atoms with Crippen molar-refractivity contribution in [2.45, 2.75) is 57.5 Å². The molecule has 2 aliphatic rings. The van der Waals surface area contributed by atoms with E-state index in [4.69, 9.17) is 11.6 Å². The molecular weight excluding hydrogens is 438 g/mol. The summed E-state index contributed by atoms with van der Waals surface area (Å²) in [6, 6.07) is 6.70. The number of anilines is 2. The van der Waals surface area contributed by atoms with Crippen LogP contribution >= 0.6 is 24.0 Å². The molecule has 1 saturated carbocycles. The van der Waals surface area contributed by atoms with Gasteiger partial charge in [0, 0.05) is 48.7 Å². The van der Waals surface area contributed by atoms with Gasteiger partial charge in [-0.2, -0.15) is 0 Å². The van der Waals surface area contributed by atoms with Gasteiger partial charge in [-0.05, 0) is 69.2 Å². The quantitative estimate of drug-likeness (QED) is 0.622. The molecule has 2 heterocycles. The Morgan fingerprint density at radius 2 is 1.81 bits per heavy atom. The van der Waals surface area contributed by atoms with Crippen LogP contribution in [0.3, 0.4) is 0 Å². The first-order valence-corrected chi connectivity index (χ1v) is 11.1. The molecule has 2 aromatic rings. The Balaban J connectivity index is 0.00000272. The molecule has 1 saturated heterocycles. The Hall–Kier alpha value is -2.05. The maximum atomic E-state index is 13.3. The van der Waals surface area contributed by atoms with Crippen LogP contribution in [0.2, 0.25) is 5.02 Å². The van der Waals surface area contributed by atoms with Gasteiger partial charge in [-0.25, -0.2) is 9.37 Å². The summed E-state index contributed by atoms with van der Waals surface area (Å²) in [7, 11) is 0. The molecule has 1 aromatic carbocycles. The maximum absolute atomic E-state index is 13.3. The highest BCUT2D eigenvalue weighted by Gasteiger charge is 2.24. The van der Waals surface area contributed by atoms with Crippen molar-refractivity contribution in [3.05, 3.63) is 52.4 Å². The highest BCUT2D eigenvalue weighted by atomic mass is 35.5. The van der Waals surface area contributed by atoms with Crippen LogP contribution in [0.15, 0.2) is 30.5 Å². The first-order chi connectivity index (χ1) is 14.5. The summed E-state index contributed by atoms with van der Waals surface area (Å²) in [6.45, 7) is 4.36. The smallest absolute Gasteiger partial charge is 0.251 e. The van der Waals surface area contributed by atoms with Gasteiger partial charge in [0.05, 0.1) is 5.02 Å². The normalized spacial score (nSPS) is 20.8. The fourth-order valence-electron chi connectivity index (χ4n) is 4.39. The summed E-state index contributed by atoms with van der Waals surface area (Å²) >= 11 is 5.79. The molecular formula is C23H29Cl2FN4O. The molecule has 1 aromatic heterocycles. The second kappa shape index (κ2) is 10.5. The average Bonchev–Trinajstić information content (AvgIpc) is 3.27. The van der Waals surface area contributed by atoms with Crippen molar-refractivity contribution in [2.75, 3.05) is 23.3 Å². The minimum atomic E-state index is -0.516. The number of amides is 1. The Morgan fingerprint density at radius 1 is 1.13 bits per heavy atom. The number of pyridine rings is 1. The lowest BCUT2D eigenvalue weighted by atomic mass is 9.91. The van der Waals surface area contributed by atoms with Crippen molar-refractivity contribution < 1.29 is 9.18 Å². The first kappa shape index (κ1) is 23.6. The van der Waals surface area contributed by atoms with E-state index in [0.717, 1.165) is 44.6 Å². The van der Waals surface area contributed by atoms with Gasteiger partial charge < -0.3 is 15.5 Å². The number of nitrogens with one attached hydrogen (secondary N) is 2. The highest BCUT2D eigenvalue weighted by molar-refractivity contribution is 6.31. The van der Waals surface area contributed by atoms with Crippen molar-refractivity contribution in [3.8, 4) is 0 Å². The Labute approximate surface area is 194 Å². The molecule has 5 nitrogen and oxygen atoms in total. The topological polar surface area (TPSA) is 57.3 Å². The predicted molar refractivity (Wildman–Crippen MR) is 126 cm³/mol. The molecule has 0 spiro atoms. The summed E-state index contributed by atoms with van der Waals surface area (Å²) in [5, 5.41) is 6.60. The van der Waals surface area contributed by atoms with Crippen molar-refractivity contribution in [3.63, 3.8) is 0 Å². The fraction of sp³-hybridized carbons (Fsp3) is 0.478. The number of aryl methyl sites for hydroxylation is 1. The number of halogens is 3. The molecule has 4 rings (SSSR count). The lowest BCUT2D eigenvalue weighted by Gasteiger charge is -2.30. The zero-order valence-electron chi connectivity index (χ0n) is 17.7. The summed E-state index contributed by atoms with van der Waals surface area (Å²) in [6.07, 6.45) is 8.17. The van der Waals surface area contributed by atoms with Gasteiger partial charge in [-0.15, -0.1) is 12.4 Å². The molecule has 1 aliphatic heterocycles. The predicted octanol–water partition coefficient (Wildman–Crippen LogP) is 5.36. The van der Waals surface area contributed by atoms with E-state index >= 15 is 0 Å². The number of hydrogen-bond donors (Lipinski definition) is 2.